The number of hydrogen-bond donors (Lipinski definition) is 2. The molecule has 2 N–H and O–H groups in total. The number of halogens is 1. The van der Waals surface area contributed by atoms with Crippen LogP contribution in [0.1, 0.15) is 32.3 Å². The normalized spacial score (nSPS) is 14.5. The highest BCUT2D eigenvalue weighted by molar-refractivity contribution is 5.29. The molecule has 3 nitrogen and oxygen atoms in total. The third-order valence-electron chi connectivity index (χ3n) is 3.59. The molecule has 4 heteroatoms. The van der Waals surface area contributed by atoms with Gasteiger partial charge >= 0.3 is 0 Å². The van der Waals surface area contributed by atoms with Gasteiger partial charge in [-0.25, -0.2) is 4.39 Å². The Bertz CT molecular complexity index is 391. The number of aliphatic hydroxyl groups is 2. The molecule has 0 aromatic heterocycles. The first-order valence-corrected chi connectivity index (χ1v) is 6.71. The highest BCUT2D eigenvalue weighted by Crippen LogP contribution is 2.21. The number of rotatable bonds is 7. The molecule has 19 heavy (non-hydrogen) atoms. The summed E-state index contributed by atoms with van der Waals surface area (Å²) in [4.78, 5) is 0. The van der Waals surface area contributed by atoms with Gasteiger partial charge in [0.1, 0.15) is 0 Å². The topological polar surface area (TPSA) is 49.7 Å². The van der Waals surface area contributed by atoms with Gasteiger partial charge in [0.15, 0.2) is 11.6 Å². The van der Waals surface area contributed by atoms with Crippen molar-refractivity contribution < 1.29 is 19.3 Å². The maximum atomic E-state index is 13.5. The molecule has 1 aromatic carbocycles. The van der Waals surface area contributed by atoms with Gasteiger partial charge in [-0.05, 0) is 23.6 Å². The van der Waals surface area contributed by atoms with Crippen LogP contribution in [0.25, 0.3) is 0 Å². The van der Waals surface area contributed by atoms with Crippen LogP contribution in [0.2, 0.25) is 0 Å². The zero-order valence-corrected chi connectivity index (χ0v) is 11.8. The van der Waals surface area contributed by atoms with Gasteiger partial charge < -0.3 is 14.9 Å². The molecule has 0 saturated heterocycles. The van der Waals surface area contributed by atoms with E-state index in [0.717, 1.165) is 12.8 Å². The van der Waals surface area contributed by atoms with Crippen LogP contribution in [-0.2, 0) is 6.42 Å². The monoisotopic (exact) mass is 270 g/mol. The molecule has 1 aromatic rings. The lowest BCUT2D eigenvalue weighted by Crippen LogP contribution is -2.34. The Morgan fingerprint density at radius 1 is 1.21 bits per heavy atom. The summed E-state index contributed by atoms with van der Waals surface area (Å²) in [5, 5.41) is 20.1. The molecule has 2 unspecified atom stereocenters. The van der Waals surface area contributed by atoms with E-state index in [1.807, 2.05) is 13.8 Å². The van der Waals surface area contributed by atoms with Crippen LogP contribution < -0.4 is 4.74 Å². The number of aliphatic hydroxyl groups excluding tert-OH is 2. The van der Waals surface area contributed by atoms with E-state index in [4.69, 9.17) is 4.74 Å². The lowest BCUT2D eigenvalue weighted by molar-refractivity contribution is -0.0188. The number of ether oxygens (including phenoxy) is 1. The van der Waals surface area contributed by atoms with Crippen molar-refractivity contribution in [3.05, 3.63) is 29.6 Å². The van der Waals surface area contributed by atoms with Crippen LogP contribution >= 0.6 is 0 Å². The molecular formula is C15H23FO3. The van der Waals surface area contributed by atoms with Crippen LogP contribution in [0.3, 0.4) is 0 Å². The smallest absolute Gasteiger partial charge is 0.165 e. The Kier molecular flexibility index (Phi) is 6.25. The van der Waals surface area contributed by atoms with Crippen molar-refractivity contribution in [3.63, 3.8) is 0 Å². The minimum Gasteiger partial charge on any atom is -0.494 e. The predicted octanol–water partition coefficient (Wildman–Crippen LogP) is 2.53. The van der Waals surface area contributed by atoms with Gasteiger partial charge in [0.05, 0.1) is 19.3 Å². The molecule has 0 fully saturated rings. The number of benzene rings is 1. The van der Waals surface area contributed by atoms with Crippen molar-refractivity contribution in [2.45, 2.75) is 45.3 Å². The van der Waals surface area contributed by atoms with Crippen LogP contribution in [-0.4, -0.2) is 29.5 Å². The van der Waals surface area contributed by atoms with Gasteiger partial charge in [0.25, 0.3) is 0 Å². The zero-order valence-electron chi connectivity index (χ0n) is 11.8. The second-order valence-electron chi connectivity index (χ2n) is 4.81. The first kappa shape index (κ1) is 15.9. The largest absolute Gasteiger partial charge is 0.494 e. The molecule has 0 aliphatic heterocycles. The lowest BCUT2D eigenvalue weighted by Gasteiger charge is -2.25. The summed E-state index contributed by atoms with van der Waals surface area (Å²) in [5.41, 5.74) is 0.649. The summed E-state index contributed by atoms with van der Waals surface area (Å²) in [6, 6.07) is 4.56. The number of hydrogen-bond acceptors (Lipinski definition) is 3. The summed E-state index contributed by atoms with van der Waals surface area (Å²) in [5.74, 6) is -0.207. The molecule has 0 heterocycles. The first-order valence-electron chi connectivity index (χ1n) is 6.71. The molecule has 0 spiro atoms. The fraction of sp³-hybridized carbons (Fsp3) is 0.600. The van der Waals surface area contributed by atoms with Crippen LogP contribution in [0.5, 0.6) is 5.75 Å². The molecule has 0 amide bonds. The Labute approximate surface area is 114 Å². The second-order valence-corrected chi connectivity index (χ2v) is 4.81. The van der Waals surface area contributed by atoms with Gasteiger partial charge in [-0.15, -0.1) is 0 Å². The van der Waals surface area contributed by atoms with Crippen molar-refractivity contribution in [2.75, 3.05) is 7.11 Å². The third-order valence-corrected chi connectivity index (χ3v) is 3.59. The Morgan fingerprint density at radius 3 is 2.32 bits per heavy atom. The standard InChI is InChI=1S/C15H23FO3/c1-4-11(5-2)15(18)13(17)9-10-6-7-14(19-3)12(16)8-10/h6-8,11,13,15,17-18H,4-5,9H2,1-3H3. The van der Waals surface area contributed by atoms with E-state index in [2.05, 4.69) is 0 Å². The summed E-state index contributed by atoms with van der Waals surface area (Å²) >= 11 is 0. The van der Waals surface area contributed by atoms with Gasteiger partial charge in [0.2, 0.25) is 0 Å². The van der Waals surface area contributed by atoms with Gasteiger partial charge in [0, 0.05) is 6.42 Å². The molecule has 0 aliphatic carbocycles. The zero-order chi connectivity index (χ0) is 14.4. The SMILES string of the molecule is CCC(CC)C(O)C(O)Cc1ccc(OC)c(F)c1. The summed E-state index contributed by atoms with van der Waals surface area (Å²) in [7, 11) is 1.41. The Hall–Kier alpha value is -1.13. The van der Waals surface area contributed by atoms with Crippen molar-refractivity contribution in [1.29, 1.82) is 0 Å². The van der Waals surface area contributed by atoms with Crippen LogP contribution in [0.4, 0.5) is 4.39 Å². The first-order chi connectivity index (χ1) is 9.03. The molecular weight excluding hydrogens is 247 g/mol. The number of methoxy groups -OCH3 is 1. The molecule has 0 aliphatic rings. The summed E-state index contributed by atoms with van der Waals surface area (Å²) in [6.07, 6.45) is 0.202. The van der Waals surface area contributed by atoms with E-state index in [1.165, 1.54) is 19.2 Å². The highest BCUT2D eigenvalue weighted by atomic mass is 19.1. The van der Waals surface area contributed by atoms with E-state index in [9.17, 15) is 14.6 Å². The summed E-state index contributed by atoms with van der Waals surface area (Å²) < 4.78 is 18.4. The average molecular weight is 270 g/mol. The van der Waals surface area contributed by atoms with Crippen molar-refractivity contribution in [3.8, 4) is 5.75 Å². The second kappa shape index (κ2) is 7.46. The molecule has 0 bridgehead atoms. The fourth-order valence-electron chi connectivity index (χ4n) is 2.28. The van der Waals surface area contributed by atoms with E-state index in [-0.39, 0.29) is 18.1 Å². The third kappa shape index (κ3) is 4.18. The van der Waals surface area contributed by atoms with Crippen molar-refractivity contribution in [2.24, 2.45) is 5.92 Å². The van der Waals surface area contributed by atoms with Crippen molar-refractivity contribution in [1.82, 2.24) is 0 Å². The van der Waals surface area contributed by atoms with E-state index < -0.39 is 18.0 Å². The Balaban J connectivity index is 2.71. The molecule has 108 valence electrons. The highest BCUT2D eigenvalue weighted by Gasteiger charge is 2.24. The van der Waals surface area contributed by atoms with Crippen LogP contribution in [0, 0.1) is 11.7 Å². The van der Waals surface area contributed by atoms with E-state index >= 15 is 0 Å². The maximum Gasteiger partial charge on any atom is 0.165 e. The average Bonchev–Trinajstić information content (AvgIpc) is 2.40. The minimum atomic E-state index is -0.877. The Morgan fingerprint density at radius 2 is 1.84 bits per heavy atom. The van der Waals surface area contributed by atoms with E-state index in [1.54, 1.807) is 6.07 Å². The molecule has 0 saturated carbocycles. The predicted molar refractivity (Wildman–Crippen MR) is 72.7 cm³/mol. The van der Waals surface area contributed by atoms with Gasteiger partial charge in [-0.3, -0.25) is 0 Å². The lowest BCUT2D eigenvalue weighted by atomic mass is 9.90. The maximum absolute atomic E-state index is 13.5. The summed E-state index contributed by atoms with van der Waals surface area (Å²) in [6.45, 7) is 3.97. The van der Waals surface area contributed by atoms with E-state index in [0.29, 0.717) is 5.56 Å². The molecule has 0 radical (unpaired) electrons. The van der Waals surface area contributed by atoms with Crippen LogP contribution in [0.15, 0.2) is 18.2 Å². The fourth-order valence-corrected chi connectivity index (χ4v) is 2.28. The van der Waals surface area contributed by atoms with Crippen molar-refractivity contribution >= 4 is 0 Å². The van der Waals surface area contributed by atoms with Gasteiger partial charge in [-0.1, -0.05) is 32.8 Å². The molecule has 1 rings (SSSR count). The minimum absolute atomic E-state index is 0.0677. The quantitative estimate of drug-likeness (QED) is 0.800. The van der Waals surface area contributed by atoms with Gasteiger partial charge in [-0.2, -0.15) is 0 Å². The molecule has 2 atom stereocenters.